The van der Waals surface area contributed by atoms with Gasteiger partial charge < -0.3 is 10.5 Å². The molecule has 0 aliphatic heterocycles. The number of benzene rings is 1. The van der Waals surface area contributed by atoms with Crippen molar-refractivity contribution in [1.29, 1.82) is 0 Å². The Labute approximate surface area is 125 Å². The van der Waals surface area contributed by atoms with Crippen LogP contribution in [0.25, 0.3) is 0 Å². The highest BCUT2D eigenvalue weighted by Crippen LogP contribution is 2.18. The van der Waals surface area contributed by atoms with Crippen molar-refractivity contribution < 1.29 is 8.95 Å². The average molecular weight is 297 g/mol. The normalized spacial score (nSPS) is 15.6. The largest absolute Gasteiger partial charge is 0.494 e. The van der Waals surface area contributed by atoms with Gasteiger partial charge in [0.05, 0.1) is 6.61 Å². The molecule has 0 aliphatic rings. The van der Waals surface area contributed by atoms with Crippen molar-refractivity contribution in [3.63, 3.8) is 0 Å². The third-order valence-electron chi connectivity index (χ3n) is 3.31. The van der Waals surface area contributed by atoms with Gasteiger partial charge >= 0.3 is 0 Å². The Hall–Kier alpha value is -0.870. The van der Waals surface area contributed by atoms with Crippen LogP contribution in [-0.4, -0.2) is 22.3 Å². The lowest BCUT2D eigenvalue weighted by atomic mass is 10.1. The minimum Gasteiger partial charge on any atom is -0.494 e. The van der Waals surface area contributed by atoms with Crippen LogP contribution in [0.4, 0.5) is 0 Å². The van der Waals surface area contributed by atoms with Gasteiger partial charge in [-0.25, -0.2) is 0 Å². The Morgan fingerprint density at radius 1 is 1.20 bits per heavy atom. The zero-order chi connectivity index (χ0) is 15.0. The van der Waals surface area contributed by atoms with Crippen molar-refractivity contribution in [2.45, 2.75) is 39.7 Å². The van der Waals surface area contributed by atoms with Gasteiger partial charge in [0, 0.05) is 28.3 Å². The quantitative estimate of drug-likeness (QED) is 0.761. The highest BCUT2D eigenvalue weighted by atomic mass is 32.2. The van der Waals surface area contributed by atoms with E-state index < -0.39 is 10.8 Å². The van der Waals surface area contributed by atoms with Crippen LogP contribution in [0.1, 0.15) is 45.2 Å². The molecule has 0 amide bonds. The van der Waals surface area contributed by atoms with Crippen LogP contribution in [0.5, 0.6) is 5.75 Å². The van der Waals surface area contributed by atoms with Crippen molar-refractivity contribution in [3.8, 4) is 5.75 Å². The molecule has 0 bridgehead atoms. The van der Waals surface area contributed by atoms with Crippen molar-refractivity contribution in [3.05, 3.63) is 29.8 Å². The van der Waals surface area contributed by atoms with E-state index >= 15 is 0 Å². The van der Waals surface area contributed by atoms with Gasteiger partial charge in [-0.2, -0.15) is 0 Å². The van der Waals surface area contributed by atoms with Crippen LogP contribution in [0.15, 0.2) is 24.3 Å². The van der Waals surface area contributed by atoms with E-state index in [0.717, 1.165) is 36.5 Å². The van der Waals surface area contributed by atoms with Crippen molar-refractivity contribution >= 4 is 10.8 Å². The molecular weight excluding hydrogens is 270 g/mol. The highest BCUT2D eigenvalue weighted by molar-refractivity contribution is 7.85. The summed E-state index contributed by atoms with van der Waals surface area (Å²) in [7, 11) is -0.847. The van der Waals surface area contributed by atoms with Crippen LogP contribution in [0.2, 0.25) is 0 Å². The van der Waals surface area contributed by atoms with E-state index in [2.05, 4.69) is 20.8 Å². The van der Waals surface area contributed by atoms with E-state index in [1.54, 1.807) is 0 Å². The number of nitrogens with two attached hydrogens (primary N) is 1. The van der Waals surface area contributed by atoms with Gasteiger partial charge in [0.15, 0.2) is 0 Å². The van der Waals surface area contributed by atoms with Gasteiger partial charge in [-0.15, -0.1) is 0 Å². The maximum Gasteiger partial charge on any atom is 0.119 e. The predicted molar refractivity (Wildman–Crippen MR) is 86.5 cm³/mol. The molecule has 0 radical (unpaired) electrons. The number of hydrogen-bond donors (Lipinski definition) is 1. The summed E-state index contributed by atoms with van der Waals surface area (Å²) in [6.07, 6.45) is 2.06. The fraction of sp³-hybridized carbons (Fsp3) is 0.625. The van der Waals surface area contributed by atoms with E-state index in [0.29, 0.717) is 11.7 Å². The zero-order valence-electron chi connectivity index (χ0n) is 12.8. The number of rotatable bonds is 9. The molecule has 3 unspecified atom stereocenters. The number of hydrogen-bond acceptors (Lipinski definition) is 3. The van der Waals surface area contributed by atoms with Gasteiger partial charge in [0.1, 0.15) is 5.75 Å². The highest BCUT2D eigenvalue weighted by Gasteiger charge is 2.12. The van der Waals surface area contributed by atoms with E-state index in [1.165, 1.54) is 0 Å². The topological polar surface area (TPSA) is 52.3 Å². The molecule has 0 saturated heterocycles. The molecule has 0 fully saturated rings. The molecule has 0 aromatic heterocycles. The molecular formula is C16H27NO2S. The summed E-state index contributed by atoms with van der Waals surface area (Å²) < 4.78 is 17.5. The lowest BCUT2D eigenvalue weighted by molar-refractivity contribution is 0.317. The molecule has 0 saturated carbocycles. The Balaban J connectivity index is 2.50. The summed E-state index contributed by atoms with van der Waals surface area (Å²) in [5.74, 6) is 2.62. The summed E-state index contributed by atoms with van der Waals surface area (Å²) in [6.45, 7) is 7.06. The van der Waals surface area contributed by atoms with E-state index in [1.807, 2.05) is 24.3 Å². The summed E-state index contributed by atoms with van der Waals surface area (Å²) in [5, 5.41) is 0. The third kappa shape index (κ3) is 6.06. The fourth-order valence-corrected chi connectivity index (χ4v) is 3.43. The summed E-state index contributed by atoms with van der Waals surface area (Å²) in [5.41, 5.74) is 7.15. The molecule has 3 nitrogen and oxygen atoms in total. The first-order valence-corrected chi connectivity index (χ1v) is 8.88. The van der Waals surface area contributed by atoms with Crippen molar-refractivity contribution in [2.24, 2.45) is 11.7 Å². The molecule has 1 rings (SSSR count). The lowest BCUT2D eigenvalue weighted by Gasteiger charge is -2.14. The summed E-state index contributed by atoms with van der Waals surface area (Å²) in [4.78, 5) is 0. The Morgan fingerprint density at radius 3 is 2.40 bits per heavy atom. The third-order valence-corrected chi connectivity index (χ3v) is 4.99. The van der Waals surface area contributed by atoms with Crippen molar-refractivity contribution in [1.82, 2.24) is 0 Å². The fourth-order valence-electron chi connectivity index (χ4n) is 1.83. The molecule has 0 spiro atoms. The molecule has 4 heteroatoms. The second-order valence-electron chi connectivity index (χ2n) is 5.31. The SMILES string of the molecule is CCCOc1ccc(C(N)CS(=O)CC(C)CC)cc1. The zero-order valence-corrected chi connectivity index (χ0v) is 13.6. The van der Waals surface area contributed by atoms with Crippen LogP contribution < -0.4 is 10.5 Å². The van der Waals surface area contributed by atoms with Gasteiger partial charge in [-0.3, -0.25) is 4.21 Å². The molecule has 0 aliphatic carbocycles. The van der Waals surface area contributed by atoms with Crippen LogP contribution in [-0.2, 0) is 10.8 Å². The minimum absolute atomic E-state index is 0.167. The predicted octanol–water partition coefficient (Wildman–Crippen LogP) is 3.27. The first kappa shape index (κ1) is 17.2. The van der Waals surface area contributed by atoms with E-state index in [9.17, 15) is 4.21 Å². The van der Waals surface area contributed by atoms with Gasteiger partial charge in [0.2, 0.25) is 0 Å². The Kier molecular flexibility index (Phi) is 7.85. The Bertz CT molecular complexity index is 405. The van der Waals surface area contributed by atoms with E-state index in [4.69, 9.17) is 10.5 Å². The van der Waals surface area contributed by atoms with E-state index in [-0.39, 0.29) is 6.04 Å². The molecule has 114 valence electrons. The first-order chi connectivity index (χ1) is 9.56. The maximum atomic E-state index is 12.0. The van der Waals surface area contributed by atoms with Crippen LogP contribution >= 0.6 is 0 Å². The first-order valence-electron chi connectivity index (χ1n) is 7.40. The monoisotopic (exact) mass is 297 g/mol. The standard InChI is InChI=1S/C16H27NO2S/c1-4-10-19-15-8-6-14(7-9-15)16(17)12-20(18)11-13(3)5-2/h6-9,13,16H,4-5,10-12,17H2,1-3H3. The average Bonchev–Trinajstić information content (AvgIpc) is 2.45. The summed E-state index contributed by atoms with van der Waals surface area (Å²) >= 11 is 0. The van der Waals surface area contributed by atoms with Gasteiger partial charge in [0.25, 0.3) is 0 Å². The Morgan fingerprint density at radius 2 is 1.85 bits per heavy atom. The lowest BCUT2D eigenvalue weighted by Crippen LogP contribution is -2.21. The van der Waals surface area contributed by atoms with Crippen LogP contribution in [0, 0.1) is 5.92 Å². The molecule has 3 atom stereocenters. The molecule has 1 aromatic rings. The number of ether oxygens (including phenoxy) is 1. The maximum absolute atomic E-state index is 12.0. The molecule has 0 heterocycles. The van der Waals surface area contributed by atoms with Crippen LogP contribution in [0.3, 0.4) is 0 Å². The second-order valence-corrected chi connectivity index (χ2v) is 6.86. The van der Waals surface area contributed by atoms with Gasteiger partial charge in [-0.05, 0) is 30.0 Å². The second kappa shape index (κ2) is 9.14. The molecule has 2 N–H and O–H groups in total. The van der Waals surface area contributed by atoms with Crippen molar-refractivity contribution in [2.75, 3.05) is 18.1 Å². The molecule has 1 aromatic carbocycles. The minimum atomic E-state index is -0.847. The summed E-state index contributed by atoms with van der Waals surface area (Å²) in [6, 6.07) is 7.64. The molecule has 20 heavy (non-hydrogen) atoms. The van der Waals surface area contributed by atoms with Gasteiger partial charge in [-0.1, -0.05) is 39.3 Å². The smallest absolute Gasteiger partial charge is 0.119 e.